The van der Waals surface area contributed by atoms with Crippen molar-refractivity contribution in [2.75, 3.05) is 13.2 Å². The predicted molar refractivity (Wildman–Crippen MR) is 57.5 cm³/mol. The number of nitrogens with zero attached hydrogens (tertiary/aromatic N) is 2. The van der Waals surface area contributed by atoms with E-state index < -0.39 is 0 Å². The number of pyridine rings is 1. The summed E-state index contributed by atoms with van der Waals surface area (Å²) in [4.78, 5) is 4.39. The summed E-state index contributed by atoms with van der Waals surface area (Å²) in [5, 5.41) is 9.34. The van der Waals surface area contributed by atoms with Crippen molar-refractivity contribution < 1.29 is 4.74 Å². The van der Waals surface area contributed by atoms with Crippen molar-refractivity contribution in [1.82, 2.24) is 4.98 Å². The zero-order chi connectivity index (χ0) is 10.5. The maximum atomic E-state index is 9.34. The molecular formula is C11H11BN2O. The van der Waals surface area contributed by atoms with E-state index in [1.54, 1.807) is 0 Å². The molecule has 4 heteroatoms. The van der Waals surface area contributed by atoms with E-state index in [1.165, 1.54) is 0 Å². The summed E-state index contributed by atoms with van der Waals surface area (Å²) in [7, 11) is 2.01. The second kappa shape index (κ2) is 2.83. The van der Waals surface area contributed by atoms with E-state index in [2.05, 4.69) is 11.1 Å². The standard InChI is InChI=1S/C11H11BN2O/c12-7-1-2-10(14-3-7)11(6-13)8-4-15-5-9(8)11/h1-3,8-9H,4-5,12H2/t8-,9?,11+/m1/s1. The van der Waals surface area contributed by atoms with Crippen LogP contribution in [-0.2, 0) is 10.2 Å². The Morgan fingerprint density at radius 1 is 1.47 bits per heavy atom. The Kier molecular flexibility index (Phi) is 1.69. The first-order valence-electron chi connectivity index (χ1n) is 5.21. The maximum Gasteiger partial charge on any atom is 0.141 e. The van der Waals surface area contributed by atoms with Gasteiger partial charge in [-0.1, -0.05) is 11.5 Å². The molecule has 1 aliphatic heterocycles. The number of aromatic nitrogens is 1. The zero-order valence-electron chi connectivity index (χ0n) is 8.60. The summed E-state index contributed by atoms with van der Waals surface area (Å²) in [6.45, 7) is 1.43. The van der Waals surface area contributed by atoms with E-state index >= 15 is 0 Å². The van der Waals surface area contributed by atoms with Crippen LogP contribution in [0.25, 0.3) is 0 Å². The van der Waals surface area contributed by atoms with Gasteiger partial charge in [-0.05, 0) is 6.07 Å². The molecule has 0 N–H and O–H groups in total. The summed E-state index contributed by atoms with van der Waals surface area (Å²) in [6, 6.07) is 6.45. The average molecular weight is 198 g/mol. The monoisotopic (exact) mass is 198 g/mol. The lowest BCUT2D eigenvalue weighted by atomic mass is 9.94. The van der Waals surface area contributed by atoms with Gasteiger partial charge in [0.2, 0.25) is 0 Å². The van der Waals surface area contributed by atoms with Crippen LogP contribution in [0.4, 0.5) is 0 Å². The van der Waals surface area contributed by atoms with Crippen LogP contribution >= 0.6 is 0 Å². The topological polar surface area (TPSA) is 45.9 Å². The van der Waals surface area contributed by atoms with E-state index in [1.807, 2.05) is 26.2 Å². The molecule has 0 aromatic carbocycles. The molecule has 3 atom stereocenters. The molecule has 2 aliphatic rings. The van der Waals surface area contributed by atoms with E-state index in [4.69, 9.17) is 4.74 Å². The second-order valence-corrected chi connectivity index (χ2v) is 4.45. The summed E-state index contributed by atoms with van der Waals surface area (Å²) in [6.07, 6.45) is 1.84. The van der Waals surface area contributed by atoms with Crippen LogP contribution in [0.3, 0.4) is 0 Å². The predicted octanol–water partition coefficient (Wildman–Crippen LogP) is -0.622. The van der Waals surface area contributed by atoms with Crippen molar-refractivity contribution >= 4 is 13.3 Å². The first kappa shape index (κ1) is 8.93. The van der Waals surface area contributed by atoms with Crippen molar-refractivity contribution in [2.45, 2.75) is 5.41 Å². The Morgan fingerprint density at radius 2 is 2.20 bits per heavy atom. The van der Waals surface area contributed by atoms with Crippen LogP contribution in [-0.4, -0.2) is 26.0 Å². The molecule has 2 heterocycles. The molecule has 1 aliphatic carbocycles. The van der Waals surface area contributed by atoms with Crippen LogP contribution in [0.1, 0.15) is 5.69 Å². The molecule has 2 fully saturated rings. The molecule has 3 nitrogen and oxygen atoms in total. The first-order valence-corrected chi connectivity index (χ1v) is 5.21. The molecule has 15 heavy (non-hydrogen) atoms. The Morgan fingerprint density at radius 3 is 2.73 bits per heavy atom. The quantitative estimate of drug-likeness (QED) is 0.565. The Hall–Kier alpha value is -1.34. The zero-order valence-corrected chi connectivity index (χ0v) is 8.60. The molecule has 1 saturated carbocycles. The normalized spacial score (nSPS) is 37.0. The molecule has 1 saturated heterocycles. The van der Waals surface area contributed by atoms with E-state index in [0.717, 1.165) is 11.2 Å². The smallest absolute Gasteiger partial charge is 0.141 e. The van der Waals surface area contributed by atoms with Gasteiger partial charge in [-0.15, -0.1) is 0 Å². The van der Waals surface area contributed by atoms with Crippen LogP contribution in [0.15, 0.2) is 18.3 Å². The lowest BCUT2D eigenvalue weighted by Gasteiger charge is -2.12. The fraction of sp³-hybridized carbons (Fsp3) is 0.455. The van der Waals surface area contributed by atoms with Gasteiger partial charge >= 0.3 is 0 Å². The van der Waals surface area contributed by atoms with E-state index in [-0.39, 0.29) is 5.41 Å². The van der Waals surface area contributed by atoms with Crippen molar-refractivity contribution in [2.24, 2.45) is 11.8 Å². The Labute approximate surface area is 89.5 Å². The molecule has 74 valence electrons. The fourth-order valence-electron chi connectivity index (χ4n) is 2.67. The lowest BCUT2D eigenvalue weighted by Crippen LogP contribution is -2.19. The van der Waals surface area contributed by atoms with Gasteiger partial charge in [0, 0.05) is 18.0 Å². The van der Waals surface area contributed by atoms with Gasteiger partial charge < -0.3 is 4.74 Å². The molecule has 0 bridgehead atoms. The molecule has 0 amide bonds. The van der Waals surface area contributed by atoms with Crippen LogP contribution in [0.5, 0.6) is 0 Å². The van der Waals surface area contributed by atoms with Gasteiger partial charge in [0.15, 0.2) is 0 Å². The van der Waals surface area contributed by atoms with Gasteiger partial charge in [-0.25, -0.2) is 0 Å². The van der Waals surface area contributed by atoms with Crippen molar-refractivity contribution in [3.63, 3.8) is 0 Å². The molecule has 1 unspecified atom stereocenters. The summed E-state index contributed by atoms with van der Waals surface area (Å²) in [5.41, 5.74) is 1.72. The lowest BCUT2D eigenvalue weighted by molar-refractivity contribution is 0.151. The third kappa shape index (κ3) is 1.02. The fourth-order valence-corrected chi connectivity index (χ4v) is 2.67. The number of ether oxygens (including phenoxy) is 1. The van der Waals surface area contributed by atoms with Gasteiger partial charge in [0.25, 0.3) is 0 Å². The summed E-state index contributed by atoms with van der Waals surface area (Å²) < 4.78 is 5.33. The van der Waals surface area contributed by atoms with Crippen LogP contribution in [0.2, 0.25) is 0 Å². The third-order valence-electron chi connectivity index (χ3n) is 3.66. The summed E-state index contributed by atoms with van der Waals surface area (Å²) >= 11 is 0. The number of hydrogen-bond donors (Lipinski definition) is 0. The number of hydrogen-bond acceptors (Lipinski definition) is 3. The minimum absolute atomic E-state index is 0.341. The number of rotatable bonds is 1. The third-order valence-corrected chi connectivity index (χ3v) is 3.66. The SMILES string of the molecule is Bc1ccc([C@]2(C#N)C3COC[C@H]32)nc1. The summed E-state index contributed by atoms with van der Waals surface area (Å²) in [5.74, 6) is 0.746. The Bertz CT molecular complexity index is 427. The van der Waals surface area contributed by atoms with Gasteiger partial charge in [-0.3, -0.25) is 4.98 Å². The molecule has 0 spiro atoms. The highest BCUT2D eigenvalue weighted by Gasteiger charge is 2.70. The van der Waals surface area contributed by atoms with Crippen molar-refractivity contribution in [1.29, 1.82) is 5.26 Å². The minimum atomic E-state index is -0.341. The first-order chi connectivity index (χ1) is 7.29. The molecular weight excluding hydrogens is 187 g/mol. The largest absolute Gasteiger partial charge is 0.381 e. The second-order valence-electron chi connectivity index (χ2n) is 4.45. The van der Waals surface area contributed by atoms with Crippen LogP contribution < -0.4 is 5.46 Å². The maximum absolute atomic E-state index is 9.34. The highest BCUT2D eigenvalue weighted by molar-refractivity contribution is 6.32. The van der Waals surface area contributed by atoms with Crippen LogP contribution in [0, 0.1) is 23.2 Å². The molecule has 1 aromatic rings. The van der Waals surface area contributed by atoms with E-state index in [0.29, 0.717) is 25.0 Å². The molecule has 1 aromatic heterocycles. The van der Waals surface area contributed by atoms with Gasteiger partial charge in [-0.2, -0.15) is 5.26 Å². The van der Waals surface area contributed by atoms with Crippen molar-refractivity contribution in [3.8, 4) is 6.07 Å². The number of nitriles is 1. The molecule has 3 rings (SSSR count). The average Bonchev–Trinajstić information content (AvgIpc) is 2.65. The number of fused-ring (bicyclic) bond motifs is 1. The van der Waals surface area contributed by atoms with Gasteiger partial charge in [0.1, 0.15) is 13.3 Å². The van der Waals surface area contributed by atoms with Crippen molar-refractivity contribution in [3.05, 3.63) is 24.0 Å². The van der Waals surface area contributed by atoms with E-state index in [9.17, 15) is 5.26 Å². The minimum Gasteiger partial charge on any atom is -0.381 e. The highest BCUT2D eigenvalue weighted by atomic mass is 16.5. The molecule has 0 radical (unpaired) electrons. The highest BCUT2D eigenvalue weighted by Crippen LogP contribution is 2.61. The Balaban J connectivity index is 2.00. The van der Waals surface area contributed by atoms with Gasteiger partial charge in [0.05, 0.1) is 25.0 Å².